The Kier molecular flexibility index (Phi) is 6.18. The van der Waals surface area contributed by atoms with Gasteiger partial charge < -0.3 is 5.32 Å². The minimum absolute atomic E-state index is 0.112. The zero-order valence-corrected chi connectivity index (χ0v) is 18.6. The van der Waals surface area contributed by atoms with Gasteiger partial charge in [0.05, 0.1) is 0 Å². The van der Waals surface area contributed by atoms with Crippen LogP contribution in [-0.4, -0.2) is 20.7 Å². The average molecular weight is 429 g/mol. The fourth-order valence-corrected chi connectivity index (χ4v) is 4.21. The van der Waals surface area contributed by atoms with Crippen LogP contribution in [0.1, 0.15) is 32.9 Å². The van der Waals surface area contributed by atoms with Gasteiger partial charge in [-0.25, -0.2) is 0 Å². The highest BCUT2D eigenvalue weighted by Gasteiger charge is 2.12. The Morgan fingerprint density at radius 2 is 1.65 bits per heavy atom. The summed E-state index contributed by atoms with van der Waals surface area (Å²) in [5, 5.41) is 12.4. The van der Waals surface area contributed by atoms with E-state index in [1.807, 2.05) is 62.4 Å². The minimum Gasteiger partial charge on any atom is -0.322 e. The Labute approximate surface area is 186 Å². The van der Waals surface area contributed by atoms with E-state index in [1.54, 1.807) is 11.8 Å². The molecule has 156 valence electrons. The number of carbonyl (C=O) groups excluding carboxylic acids is 1. The second-order valence-electron chi connectivity index (χ2n) is 7.51. The van der Waals surface area contributed by atoms with Crippen LogP contribution in [-0.2, 0) is 5.75 Å². The van der Waals surface area contributed by atoms with Crippen LogP contribution in [0.4, 0.5) is 5.69 Å². The summed E-state index contributed by atoms with van der Waals surface area (Å²) in [6, 6.07) is 23.8. The van der Waals surface area contributed by atoms with Crippen LogP contribution in [0.5, 0.6) is 0 Å². The summed E-state index contributed by atoms with van der Waals surface area (Å²) in [7, 11) is 0. The number of nitrogens with one attached hydrogen (secondary N) is 1. The number of amides is 1. The molecular weight excluding hydrogens is 404 g/mol. The molecule has 0 fully saturated rings. The van der Waals surface area contributed by atoms with Gasteiger partial charge in [0.15, 0.2) is 5.16 Å². The molecule has 5 nitrogen and oxygen atoms in total. The Hall–Kier alpha value is -3.38. The number of benzene rings is 3. The topological polar surface area (TPSA) is 59.8 Å². The third-order valence-corrected chi connectivity index (χ3v) is 5.95. The highest BCUT2D eigenvalue weighted by atomic mass is 32.2. The van der Waals surface area contributed by atoms with Crippen LogP contribution in [0.15, 0.2) is 78.0 Å². The molecule has 0 radical (unpaired) electrons. The molecule has 0 aliphatic heterocycles. The summed E-state index contributed by atoms with van der Waals surface area (Å²) in [4.78, 5) is 12.5. The van der Waals surface area contributed by atoms with Gasteiger partial charge in [0.1, 0.15) is 5.82 Å². The first-order chi connectivity index (χ1) is 15.0. The molecule has 0 saturated carbocycles. The molecule has 1 amide bonds. The SMILES string of the molecule is Cc1ccc(-n2c(C)nnc2SCc2ccc(C(=O)Nc3cccc(C)c3)cc2)cc1. The first-order valence-corrected chi connectivity index (χ1v) is 11.1. The predicted octanol–water partition coefficient (Wildman–Crippen LogP) is 5.74. The Morgan fingerprint density at radius 1 is 0.903 bits per heavy atom. The average Bonchev–Trinajstić information content (AvgIpc) is 3.13. The number of nitrogens with zero attached hydrogens (tertiary/aromatic N) is 3. The van der Waals surface area contributed by atoms with Gasteiger partial charge in [0.25, 0.3) is 5.91 Å². The molecule has 4 rings (SSSR count). The van der Waals surface area contributed by atoms with E-state index in [-0.39, 0.29) is 5.91 Å². The maximum absolute atomic E-state index is 12.5. The lowest BCUT2D eigenvalue weighted by Gasteiger charge is -2.09. The fourth-order valence-electron chi connectivity index (χ4n) is 3.25. The maximum atomic E-state index is 12.5. The third-order valence-electron chi connectivity index (χ3n) is 4.95. The molecule has 0 spiro atoms. The molecule has 0 aliphatic carbocycles. The number of anilines is 1. The molecule has 0 atom stereocenters. The monoisotopic (exact) mass is 428 g/mol. The maximum Gasteiger partial charge on any atom is 0.255 e. The summed E-state index contributed by atoms with van der Waals surface area (Å²) in [5.41, 5.74) is 5.94. The van der Waals surface area contributed by atoms with E-state index >= 15 is 0 Å². The van der Waals surface area contributed by atoms with Gasteiger partial charge in [-0.1, -0.05) is 53.7 Å². The number of hydrogen-bond acceptors (Lipinski definition) is 4. The quantitative estimate of drug-likeness (QED) is 0.398. The van der Waals surface area contributed by atoms with Gasteiger partial charge in [-0.05, 0) is 68.3 Å². The Morgan fingerprint density at radius 3 is 2.35 bits per heavy atom. The standard InChI is InChI=1S/C25H24N4OS/c1-17-7-13-23(14-8-17)29-19(3)27-28-25(29)31-16-20-9-11-21(12-10-20)24(30)26-22-6-4-5-18(2)15-22/h4-15H,16H2,1-3H3,(H,26,30). The largest absolute Gasteiger partial charge is 0.322 e. The lowest BCUT2D eigenvalue weighted by atomic mass is 10.1. The number of aryl methyl sites for hydroxylation is 3. The van der Waals surface area contributed by atoms with Crippen molar-refractivity contribution in [1.29, 1.82) is 0 Å². The van der Waals surface area contributed by atoms with Crippen LogP contribution < -0.4 is 5.32 Å². The van der Waals surface area contributed by atoms with Crippen LogP contribution >= 0.6 is 11.8 Å². The molecule has 1 heterocycles. The number of hydrogen-bond donors (Lipinski definition) is 1. The molecule has 3 aromatic carbocycles. The molecule has 6 heteroatoms. The highest BCUT2D eigenvalue weighted by Crippen LogP contribution is 2.25. The van der Waals surface area contributed by atoms with Gasteiger partial charge in [-0.3, -0.25) is 9.36 Å². The lowest BCUT2D eigenvalue weighted by molar-refractivity contribution is 0.102. The number of carbonyl (C=O) groups is 1. The van der Waals surface area contributed by atoms with Gasteiger partial charge in [-0.2, -0.15) is 0 Å². The van der Waals surface area contributed by atoms with Crippen molar-refractivity contribution in [2.24, 2.45) is 0 Å². The predicted molar refractivity (Wildman–Crippen MR) is 126 cm³/mol. The van der Waals surface area contributed by atoms with Gasteiger partial charge in [0.2, 0.25) is 0 Å². The van der Waals surface area contributed by atoms with Crippen molar-refractivity contribution in [3.05, 3.63) is 101 Å². The van der Waals surface area contributed by atoms with Crippen molar-refractivity contribution in [3.8, 4) is 5.69 Å². The Bertz CT molecular complexity index is 1200. The van der Waals surface area contributed by atoms with E-state index in [9.17, 15) is 4.79 Å². The molecule has 31 heavy (non-hydrogen) atoms. The molecule has 0 bridgehead atoms. The number of aromatic nitrogens is 3. The third kappa shape index (κ3) is 5.03. The van der Waals surface area contributed by atoms with Crippen molar-refractivity contribution in [1.82, 2.24) is 14.8 Å². The molecule has 1 aromatic heterocycles. The zero-order chi connectivity index (χ0) is 21.8. The van der Waals surface area contributed by atoms with Crippen molar-refractivity contribution in [2.45, 2.75) is 31.7 Å². The van der Waals surface area contributed by atoms with E-state index in [0.717, 1.165) is 39.2 Å². The zero-order valence-electron chi connectivity index (χ0n) is 17.8. The van der Waals surface area contributed by atoms with Crippen LogP contribution in [0.25, 0.3) is 5.69 Å². The normalized spacial score (nSPS) is 10.8. The van der Waals surface area contributed by atoms with Crippen molar-refractivity contribution < 1.29 is 4.79 Å². The summed E-state index contributed by atoms with van der Waals surface area (Å²) in [5.74, 6) is 1.48. The van der Waals surface area contributed by atoms with Crippen molar-refractivity contribution in [2.75, 3.05) is 5.32 Å². The molecule has 4 aromatic rings. The fraction of sp³-hybridized carbons (Fsp3) is 0.160. The highest BCUT2D eigenvalue weighted by molar-refractivity contribution is 7.98. The Balaban J connectivity index is 1.42. The second kappa shape index (κ2) is 9.18. The van der Waals surface area contributed by atoms with Gasteiger partial charge in [-0.15, -0.1) is 10.2 Å². The van der Waals surface area contributed by atoms with Crippen molar-refractivity contribution in [3.63, 3.8) is 0 Å². The summed E-state index contributed by atoms with van der Waals surface area (Å²) < 4.78 is 2.06. The smallest absolute Gasteiger partial charge is 0.255 e. The second-order valence-corrected chi connectivity index (χ2v) is 8.45. The van der Waals surface area contributed by atoms with E-state index in [2.05, 4.69) is 51.3 Å². The number of thioether (sulfide) groups is 1. The molecule has 0 aliphatic rings. The van der Waals surface area contributed by atoms with Crippen molar-refractivity contribution >= 4 is 23.4 Å². The van der Waals surface area contributed by atoms with E-state index in [1.165, 1.54) is 5.56 Å². The molecule has 0 unspecified atom stereocenters. The van der Waals surface area contributed by atoms with E-state index in [0.29, 0.717) is 5.56 Å². The van der Waals surface area contributed by atoms with Crippen LogP contribution in [0, 0.1) is 20.8 Å². The first kappa shape index (κ1) is 20.9. The molecular formula is C25H24N4OS. The molecule has 1 N–H and O–H groups in total. The molecule has 0 saturated heterocycles. The summed E-state index contributed by atoms with van der Waals surface area (Å²) in [6.07, 6.45) is 0. The number of rotatable bonds is 6. The van der Waals surface area contributed by atoms with E-state index in [4.69, 9.17) is 0 Å². The summed E-state index contributed by atoms with van der Waals surface area (Å²) in [6.45, 7) is 6.03. The van der Waals surface area contributed by atoms with Gasteiger partial charge >= 0.3 is 0 Å². The van der Waals surface area contributed by atoms with Crippen LogP contribution in [0.2, 0.25) is 0 Å². The minimum atomic E-state index is -0.112. The van der Waals surface area contributed by atoms with E-state index < -0.39 is 0 Å². The summed E-state index contributed by atoms with van der Waals surface area (Å²) >= 11 is 1.63. The lowest BCUT2D eigenvalue weighted by Crippen LogP contribution is -2.11. The van der Waals surface area contributed by atoms with Gasteiger partial charge in [0, 0.05) is 22.7 Å². The van der Waals surface area contributed by atoms with Crippen LogP contribution in [0.3, 0.4) is 0 Å². The first-order valence-electron chi connectivity index (χ1n) is 10.1.